The first-order chi connectivity index (χ1) is 15.1. The molecule has 174 valence electrons. The standard InChI is InChI=1S/C24H31NO6S/c1-6-24(14-19-9-12-21(29-4)22(13-19)30-5)16-25(15-23(24)31-18(3)26)32(27,28)20-10-7-17(2)8-11-20/h7-13,23H,6,14-16H2,1-5H3. The normalized spacial score (nSPS) is 21.3. The van der Waals surface area contributed by atoms with Gasteiger partial charge in [-0.15, -0.1) is 0 Å². The lowest BCUT2D eigenvalue weighted by Crippen LogP contribution is -2.38. The zero-order valence-electron chi connectivity index (χ0n) is 19.3. The Hall–Kier alpha value is -2.58. The second-order valence-electron chi connectivity index (χ2n) is 8.29. The fraction of sp³-hybridized carbons (Fsp3) is 0.458. The molecule has 0 N–H and O–H groups in total. The molecule has 0 radical (unpaired) electrons. The van der Waals surface area contributed by atoms with Crippen molar-refractivity contribution in [3.8, 4) is 11.5 Å². The number of carbonyl (C=O) groups is 1. The molecular formula is C24H31NO6S. The largest absolute Gasteiger partial charge is 0.493 e. The Morgan fingerprint density at radius 2 is 1.75 bits per heavy atom. The van der Waals surface area contributed by atoms with E-state index in [1.165, 1.54) is 11.2 Å². The van der Waals surface area contributed by atoms with Crippen molar-refractivity contribution in [1.29, 1.82) is 0 Å². The number of benzene rings is 2. The van der Waals surface area contributed by atoms with Gasteiger partial charge in [-0.25, -0.2) is 8.42 Å². The van der Waals surface area contributed by atoms with E-state index in [2.05, 4.69) is 0 Å². The van der Waals surface area contributed by atoms with Crippen molar-refractivity contribution in [2.45, 2.75) is 44.6 Å². The Morgan fingerprint density at radius 3 is 2.31 bits per heavy atom. The van der Waals surface area contributed by atoms with Crippen LogP contribution >= 0.6 is 0 Å². The lowest BCUT2D eigenvalue weighted by molar-refractivity contribution is -0.150. The highest BCUT2D eigenvalue weighted by Crippen LogP contribution is 2.42. The maximum Gasteiger partial charge on any atom is 0.302 e. The predicted octanol–water partition coefficient (Wildman–Crippen LogP) is 3.59. The summed E-state index contributed by atoms with van der Waals surface area (Å²) < 4.78 is 44.6. The maximum absolute atomic E-state index is 13.4. The van der Waals surface area contributed by atoms with Gasteiger partial charge in [-0.05, 0) is 49.6 Å². The summed E-state index contributed by atoms with van der Waals surface area (Å²) in [6.45, 7) is 5.64. The van der Waals surface area contributed by atoms with Gasteiger partial charge in [-0.2, -0.15) is 4.31 Å². The third-order valence-electron chi connectivity index (χ3n) is 6.22. The van der Waals surface area contributed by atoms with Crippen LogP contribution in [0.5, 0.6) is 11.5 Å². The number of aryl methyl sites for hydroxylation is 1. The third-order valence-corrected chi connectivity index (χ3v) is 8.04. The van der Waals surface area contributed by atoms with Crippen molar-refractivity contribution >= 4 is 16.0 Å². The molecule has 32 heavy (non-hydrogen) atoms. The summed E-state index contributed by atoms with van der Waals surface area (Å²) in [5.74, 6) is 0.797. The fourth-order valence-corrected chi connectivity index (χ4v) is 5.87. The van der Waals surface area contributed by atoms with E-state index in [-0.39, 0.29) is 18.0 Å². The van der Waals surface area contributed by atoms with E-state index in [0.717, 1.165) is 11.1 Å². The molecule has 3 rings (SSSR count). The lowest BCUT2D eigenvalue weighted by Gasteiger charge is -2.33. The highest BCUT2D eigenvalue weighted by Gasteiger charge is 2.51. The number of hydrogen-bond acceptors (Lipinski definition) is 6. The van der Waals surface area contributed by atoms with E-state index in [4.69, 9.17) is 14.2 Å². The van der Waals surface area contributed by atoms with Crippen LogP contribution < -0.4 is 9.47 Å². The van der Waals surface area contributed by atoms with Gasteiger partial charge in [0.05, 0.1) is 25.7 Å². The quantitative estimate of drug-likeness (QED) is 0.559. The molecule has 0 saturated carbocycles. The molecule has 1 aliphatic rings. The van der Waals surface area contributed by atoms with Crippen molar-refractivity contribution in [2.24, 2.45) is 5.41 Å². The van der Waals surface area contributed by atoms with E-state index in [1.54, 1.807) is 38.5 Å². The van der Waals surface area contributed by atoms with E-state index in [1.807, 2.05) is 32.0 Å². The van der Waals surface area contributed by atoms with Crippen molar-refractivity contribution in [3.63, 3.8) is 0 Å². The van der Waals surface area contributed by atoms with Gasteiger partial charge in [-0.1, -0.05) is 30.7 Å². The van der Waals surface area contributed by atoms with Crippen LogP contribution in [0.3, 0.4) is 0 Å². The Morgan fingerprint density at radius 1 is 1.09 bits per heavy atom. The molecule has 0 aliphatic carbocycles. The van der Waals surface area contributed by atoms with Gasteiger partial charge >= 0.3 is 5.97 Å². The van der Waals surface area contributed by atoms with Crippen LogP contribution in [0.2, 0.25) is 0 Å². The Bertz CT molecular complexity index is 1070. The van der Waals surface area contributed by atoms with Gasteiger partial charge in [0.2, 0.25) is 10.0 Å². The van der Waals surface area contributed by atoms with Crippen molar-refractivity contribution in [1.82, 2.24) is 4.31 Å². The average Bonchev–Trinajstić information content (AvgIpc) is 3.12. The van der Waals surface area contributed by atoms with Gasteiger partial charge in [0.25, 0.3) is 0 Å². The predicted molar refractivity (Wildman–Crippen MR) is 121 cm³/mol. The van der Waals surface area contributed by atoms with Crippen molar-refractivity contribution in [3.05, 3.63) is 53.6 Å². The molecule has 2 atom stereocenters. The first-order valence-electron chi connectivity index (χ1n) is 10.6. The minimum absolute atomic E-state index is 0.122. The number of carbonyl (C=O) groups excluding carboxylic acids is 1. The van der Waals surface area contributed by atoms with Crippen LogP contribution in [-0.2, 0) is 26.0 Å². The zero-order chi connectivity index (χ0) is 23.5. The maximum atomic E-state index is 13.4. The molecule has 1 fully saturated rings. The SMILES string of the molecule is CCC1(Cc2ccc(OC)c(OC)c2)CN(S(=O)(=O)c2ccc(C)cc2)CC1OC(C)=O. The Balaban J connectivity index is 1.97. The second-order valence-corrected chi connectivity index (χ2v) is 10.2. The molecule has 0 spiro atoms. The molecule has 1 aliphatic heterocycles. The molecular weight excluding hydrogens is 430 g/mol. The molecule has 8 heteroatoms. The number of methoxy groups -OCH3 is 2. The van der Waals surface area contributed by atoms with Crippen LogP contribution in [0.15, 0.2) is 47.4 Å². The molecule has 2 unspecified atom stereocenters. The van der Waals surface area contributed by atoms with E-state index in [9.17, 15) is 13.2 Å². The smallest absolute Gasteiger partial charge is 0.302 e. The molecule has 0 amide bonds. The van der Waals surface area contributed by atoms with Gasteiger partial charge < -0.3 is 14.2 Å². The fourth-order valence-electron chi connectivity index (χ4n) is 4.33. The Labute approximate surface area is 190 Å². The second kappa shape index (κ2) is 9.50. The number of sulfonamides is 1. The third kappa shape index (κ3) is 4.76. The highest BCUT2D eigenvalue weighted by molar-refractivity contribution is 7.89. The summed E-state index contributed by atoms with van der Waals surface area (Å²) in [6.07, 6.45) is 0.610. The van der Waals surface area contributed by atoms with Crippen LogP contribution in [0.1, 0.15) is 31.4 Å². The monoisotopic (exact) mass is 461 g/mol. The van der Waals surface area contributed by atoms with Crippen LogP contribution in [0, 0.1) is 12.3 Å². The summed E-state index contributed by atoms with van der Waals surface area (Å²) in [4.78, 5) is 12.1. The first kappa shape index (κ1) is 24.1. The topological polar surface area (TPSA) is 82.1 Å². The lowest BCUT2D eigenvalue weighted by atomic mass is 9.76. The molecule has 1 heterocycles. The summed E-state index contributed by atoms with van der Waals surface area (Å²) in [7, 11) is -0.574. The molecule has 0 bridgehead atoms. The average molecular weight is 462 g/mol. The van der Waals surface area contributed by atoms with Crippen LogP contribution in [0.4, 0.5) is 0 Å². The van der Waals surface area contributed by atoms with E-state index in [0.29, 0.717) is 24.3 Å². The summed E-state index contributed by atoms with van der Waals surface area (Å²) in [6, 6.07) is 12.4. The van der Waals surface area contributed by atoms with Gasteiger partial charge in [-0.3, -0.25) is 4.79 Å². The summed E-state index contributed by atoms with van der Waals surface area (Å²) >= 11 is 0. The summed E-state index contributed by atoms with van der Waals surface area (Å²) in [5, 5.41) is 0. The number of nitrogens with zero attached hydrogens (tertiary/aromatic N) is 1. The van der Waals surface area contributed by atoms with Crippen molar-refractivity contribution in [2.75, 3.05) is 27.3 Å². The number of esters is 1. The van der Waals surface area contributed by atoms with E-state index >= 15 is 0 Å². The minimum atomic E-state index is -3.72. The number of hydrogen-bond donors (Lipinski definition) is 0. The highest BCUT2D eigenvalue weighted by atomic mass is 32.2. The van der Waals surface area contributed by atoms with Gasteiger partial charge in [0.15, 0.2) is 11.5 Å². The number of ether oxygens (including phenoxy) is 3. The Kier molecular flexibility index (Phi) is 7.15. The molecule has 2 aromatic carbocycles. The summed E-state index contributed by atoms with van der Waals surface area (Å²) in [5.41, 5.74) is 1.37. The molecule has 1 saturated heterocycles. The van der Waals surface area contributed by atoms with Gasteiger partial charge in [0, 0.05) is 18.9 Å². The molecule has 0 aromatic heterocycles. The van der Waals surface area contributed by atoms with E-state index < -0.39 is 27.5 Å². The molecule has 2 aromatic rings. The van der Waals surface area contributed by atoms with Crippen LogP contribution in [0.25, 0.3) is 0 Å². The van der Waals surface area contributed by atoms with Crippen LogP contribution in [-0.4, -0.2) is 52.1 Å². The minimum Gasteiger partial charge on any atom is -0.493 e. The zero-order valence-corrected chi connectivity index (χ0v) is 20.1. The first-order valence-corrected chi connectivity index (χ1v) is 12.0. The van der Waals surface area contributed by atoms with Crippen molar-refractivity contribution < 1.29 is 27.4 Å². The van der Waals surface area contributed by atoms with Gasteiger partial charge in [0.1, 0.15) is 6.10 Å². The molecule has 7 nitrogen and oxygen atoms in total. The number of rotatable bonds is 8.